The van der Waals surface area contributed by atoms with E-state index < -0.39 is 0 Å². The van der Waals surface area contributed by atoms with Crippen LogP contribution in [0.15, 0.2) is 12.3 Å². The fourth-order valence-electron chi connectivity index (χ4n) is 1.05. The number of carbonyl (C=O) groups excluding carboxylic acids is 1. The van der Waals surface area contributed by atoms with Crippen LogP contribution < -0.4 is 0 Å². The molecule has 0 fully saturated rings. The van der Waals surface area contributed by atoms with Crippen LogP contribution in [-0.4, -0.2) is 18.1 Å². The van der Waals surface area contributed by atoms with E-state index in [2.05, 4.69) is 21.6 Å². The van der Waals surface area contributed by atoms with Gasteiger partial charge in [-0.2, -0.15) is 5.26 Å². The van der Waals surface area contributed by atoms with Gasteiger partial charge >= 0.3 is 5.97 Å². The molecule has 1 aromatic heterocycles. The summed E-state index contributed by atoms with van der Waals surface area (Å²) >= 11 is 0. The number of rotatable bonds is 1. The van der Waals surface area contributed by atoms with Gasteiger partial charge in [0, 0.05) is 11.8 Å². The summed E-state index contributed by atoms with van der Waals surface area (Å²) in [7, 11) is 1.32. The van der Waals surface area contributed by atoms with E-state index in [1.807, 2.05) is 6.07 Å². The summed E-state index contributed by atoms with van der Waals surface area (Å²) < 4.78 is 4.45. The highest BCUT2D eigenvalue weighted by Crippen LogP contribution is 2.05. The summed E-state index contributed by atoms with van der Waals surface area (Å²) in [5.41, 5.74) is 1.84. The third-order valence-corrected chi connectivity index (χ3v) is 1.88. The topological polar surface area (TPSA) is 63.0 Å². The highest BCUT2D eigenvalue weighted by Gasteiger charge is 1.98. The maximum absolute atomic E-state index is 10.8. The molecular formula is C12H10N2O2. The fourth-order valence-corrected chi connectivity index (χ4v) is 1.05. The summed E-state index contributed by atoms with van der Waals surface area (Å²) in [6, 6.07) is 3.73. The molecular weight excluding hydrogens is 204 g/mol. The minimum Gasteiger partial charge on any atom is -0.468 e. The molecule has 1 rings (SSSR count). The quantitative estimate of drug-likeness (QED) is 0.520. The zero-order chi connectivity index (χ0) is 12.0. The van der Waals surface area contributed by atoms with Crippen LogP contribution in [0.25, 0.3) is 0 Å². The Hall–Kier alpha value is -2.33. The van der Waals surface area contributed by atoms with Crippen LogP contribution in [0.5, 0.6) is 0 Å². The lowest BCUT2D eigenvalue weighted by Crippen LogP contribution is -1.97. The van der Waals surface area contributed by atoms with Crippen LogP contribution in [0.1, 0.15) is 23.2 Å². The molecule has 80 valence electrons. The van der Waals surface area contributed by atoms with Crippen molar-refractivity contribution in [1.29, 1.82) is 5.26 Å². The van der Waals surface area contributed by atoms with Crippen molar-refractivity contribution in [3.8, 4) is 17.9 Å². The van der Waals surface area contributed by atoms with E-state index in [1.54, 1.807) is 13.0 Å². The second-order valence-electron chi connectivity index (χ2n) is 3.06. The third-order valence-electron chi connectivity index (χ3n) is 1.88. The molecule has 0 aliphatic carbocycles. The number of ether oxygens (including phenoxy) is 1. The summed E-state index contributed by atoms with van der Waals surface area (Å²) in [6.45, 7) is 1.79. The van der Waals surface area contributed by atoms with Crippen molar-refractivity contribution < 1.29 is 9.53 Å². The van der Waals surface area contributed by atoms with Crippen molar-refractivity contribution in [2.45, 2.75) is 13.3 Å². The van der Waals surface area contributed by atoms with E-state index >= 15 is 0 Å². The first kappa shape index (κ1) is 11.7. The summed E-state index contributed by atoms with van der Waals surface area (Å²) in [5, 5.41) is 8.68. The van der Waals surface area contributed by atoms with Crippen LogP contribution in [-0.2, 0) is 9.53 Å². The Kier molecular flexibility index (Phi) is 4.06. The van der Waals surface area contributed by atoms with Gasteiger partial charge in [0.25, 0.3) is 0 Å². The van der Waals surface area contributed by atoms with Crippen molar-refractivity contribution in [2.24, 2.45) is 0 Å². The van der Waals surface area contributed by atoms with Crippen molar-refractivity contribution in [2.75, 3.05) is 7.11 Å². The van der Waals surface area contributed by atoms with Crippen LogP contribution in [0.4, 0.5) is 0 Å². The molecule has 0 radical (unpaired) electrons. The maximum atomic E-state index is 10.8. The lowest BCUT2D eigenvalue weighted by Gasteiger charge is -1.95. The van der Waals surface area contributed by atoms with Gasteiger partial charge in [0.15, 0.2) is 0 Å². The van der Waals surface area contributed by atoms with E-state index in [0.717, 1.165) is 5.56 Å². The lowest BCUT2D eigenvalue weighted by atomic mass is 10.1. The van der Waals surface area contributed by atoms with Gasteiger partial charge in [0.1, 0.15) is 18.2 Å². The average Bonchev–Trinajstić information content (AvgIpc) is 2.29. The van der Waals surface area contributed by atoms with Gasteiger partial charge in [-0.3, -0.25) is 4.79 Å². The zero-order valence-corrected chi connectivity index (χ0v) is 9.07. The van der Waals surface area contributed by atoms with E-state index in [4.69, 9.17) is 5.26 Å². The Morgan fingerprint density at radius 1 is 1.62 bits per heavy atom. The van der Waals surface area contributed by atoms with Crippen molar-refractivity contribution in [3.05, 3.63) is 29.1 Å². The molecule has 0 aliphatic rings. The predicted octanol–water partition coefficient (Wildman–Crippen LogP) is 1.18. The van der Waals surface area contributed by atoms with Crippen LogP contribution in [0, 0.1) is 30.1 Å². The van der Waals surface area contributed by atoms with Gasteiger partial charge in [-0.05, 0) is 18.6 Å². The molecule has 4 heteroatoms. The number of methoxy groups -OCH3 is 1. The van der Waals surface area contributed by atoms with E-state index in [0.29, 0.717) is 11.3 Å². The number of nitriles is 1. The van der Waals surface area contributed by atoms with Gasteiger partial charge in [-0.25, -0.2) is 4.98 Å². The first-order valence-electron chi connectivity index (χ1n) is 4.60. The normalized spacial score (nSPS) is 8.56. The number of hydrogen-bond acceptors (Lipinski definition) is 4. The minimum absolute atomic E-state index is 0.0511. The molecule has 4 nitrogen and oxygen atoms in total. The third kappa shape index (κ3) is 3.11. The summed E-state index contributed by atoms with van der Waals surface area (Å²) in [4.78, 5) is 14.7. The Bertz CT molecular complexity index is 504. The fraction of sp³-hybridized carbons (Fsp3) is 0.250. The molecule has 1 aromatic rings. The smallest absolute Gasteiger partial charge is 0.317 e. The van der Waals surface area contributed by atoms with Crippen LogP contribution in [0.2, 0.25) is 0 Å². The molecule has 0 spiro atoms. The number of carbonyl (C=O) groups is 1. The number of aromatic nitrogens is 1. The summed E-state index contributed by atoms with van der Waals surface area (Å²) in [6.07, 6.45) is 1.56. The van der Waals surface area contributed by atoms with Gasteiger partial charge in [0.05, 0.1) is 7.11 Å². The van der Waals surface area contributed by atoms with E-state index in [1.165, 1.54) is 13.3 Å². The zero-order valence-electron chi connectivity index (χ0n) is 9.07. The highest BCUT2D eigenvalue weighted by molar-refractivity contribution is 5.72. The monoisotopic (exact) mass is 214 g/mol. The SMILES string of the molecule is COC(=O)CC#Cc1cnc(C#N)c(C)c1. The predicted molar refractivity (Wildman–Crippen MR) is 57.2 cm³/mol. The molecule has 0 atom stereocenters. The van der Waals surface area contributed by atoms with E-state index in [-0.39, 0.29) is 12.4 Å². The molecule has 0 N–H and O–H groups in total. The Morgan fingerprint density at radius 2 is 2.38 bits per heavy atom. The number of esters is 1. The largest absolute Gasteiger partial charge is 0.468 e. The van der Waals surface area contributed by atoms with E-state index in [9.17, 15) is 4.79 Å². The van der Waals surface area contributed by atoms with Gasteiger partial charge in [-0.1, -0.05) is 11.8 Å². The summed E-state index contributed by atoms with van der Waals surface area (Å²) in [5.74, 6) is 5.08. The number of nitrogens with zero attached hydrogens (tertiary/aromatic N) is 2. The first-order valence-corrected chi connectivity index (χ1v) is 4.60. The van der Waals surface area contributed by atoms with Crippen LogP contribution >= 0.6 is 0 Å². The van der Waals surface area contributed by atoms with Gasteiger partial charge in [0.2, 0.25) is 0 Å². The molecule has 0 unspecified atom stereocenters. The number of pyridine rings is 1. The second kappa shape index (κ2) is 5.53. The van der Waals surface area contributed by atoms with Gasteiger partial charge in [-0.15, -0.1) is 0 Å². The van der Waals surface area contributed by atoms with Crippen molar-refractivity contribution >= 4 is 5.97 Å². The molecule has 0 saturated heterocycles. The van der Waals surface area contributed by atoms with Crippen LogP contribution in [0.3, 0.4) is 0 Å². The standard InChI is InChI=1S/C12H10N2O2/c1-9-6-10(8-14-11(9)7-13)4-3-5-12(15)16-2/h6,8H,5H2,1-2H3. The maximum Gasteiger partial charge on any atom is 0.317 e. The molecule has 1 heterocycles. The average molecular weight is 214 g/mol. The molecule has 0 aliphatic heterocycles. The number of hydrogen-bond donors (Lipinski definition) is 0. The first-order chi connectivity index (χ1) is 7.67. The van der Waals surface area contributed by atoms with Gasteiger partial charge < -0.3 is 4.74 Å². The van der Waals surface area contributed by atoms with Crippen molar-refractivity contribution in [3.63, 3.8) is 0 Å². The Morgan fingerprint density at radius 3 is 2.94 bits per heavy atom. The molecule has 0 amide bonds. The highest BCUT2D eigenvalue weighted by atomic mass is 16.5. The van der Waals surface area contributed by atoms with Crippen molar-refractivity contribution in [1.82, 2.24) is 4.98 Å². The Balaban J connectivity index is 2.80. The minimum atomic E-state index is -0.370. The number of aryl methyl sites for hydroxylation is 1. The Labute approximate surface area is 93.9 Å². The molecule has 16 heavy (non-hydrogen) atoms. The molecule has 0 saturated carbocycles. The molecule has 0 bridgehead atoms. The lowest BCUT2D eigenvalue weighted by molar-refractivity contribution is -0.139. The second-order valence-corrected chi connectivity index (χ2v) is 3.06. The molecule has 0 aromatic carbocycles.